The highest BCUT2D eigenvalue weighted by atomic mass is 32.2. The summed E-state index contributed by atoms with van der Waals surface area (Å²) in [6.45, 7) is -0.155. The molecule has 9 heteroatoms. The standard InChI is InChI=1S/C64H34BN3O4S/c69-61-40-13-4-6-19-50(40)67-52-28-24-35(31-47(52)64(72)46-18-9-15-43(61)59(46)67)37-26-30-56-49(33-37)65-48-32-36(25-29-53(48)66(39-11-2-1-3-12-39)54-21-10-22-57(73-56)58(54)65)38-23-27-42-55(34-38)68-51-20-7-5-14-41(51)62(70)44-16-8-17-45(60(44)68)63(42)71/h1-34H. The van der Waals surface area contributed by atoms with Gasteiger partial charge >= 0.3 is 0 Å². The van der Waals surface area contributed by atoms with Crippen LogP contribution in [0.4, 0.5) is 17.1 Å². The van der Waals surface area contributed by atoms with E-state index in [-0.39, 0.29) is 28.4 Å². The van der Waals surface area contributed by atoms with Crippen LogP contribution < -0.4 is 43.0 Å². The molecule has 16 rings (SSSR count). The van der Waals surface area contributed by atoms with Gasteiger partial charge in [0.15, 0.2) is 21.7 Å². The smallest absolute Gasteiger partial charge is 0.249 e. The van der Waals surface area contributed by atoms with E-state index in [4.69, 9.17) is 0 Å². The van der Waals surface area contributed by atoms with E-state index in [0.717, 1.165) is 71.7 Å². The fraction of sp³-hybridized carbons (Fsp3) is 0. The fourth-order valence-electron chi connectivity index (χ4n) is 12.4. The topological polar surface area (TPSA) is 80.3 Å². The highest BCUT2D eigenvalue weighted by Crippen LogP contribution is 2.43. The van der Waals surface area contributed by atoms with Crippen LogP contribution in [0.1, 0.15) is 0 Å². The van der Waals surface area contributed by atoms with Gasteiger partial charge < -0.3 is 13.7 Å². The van der Waals surface area contributed by atoms with Crippen LogP contribution >= 0.6 is 11.8 Å². The Kier molecular flexibility index (Phi) is 8.10. The van der Waals surface area contributed by atoms with Crippen LogP contribution in [0.15, 0.2) is 235 Å². The van der Waals surface area contributed by atoms with Crippen molar-refractivity contribution < 1.29 is 0 Å². The van der Waals surface area contributed by atoms with E-state index in [9.17, 15) is 19.2 Å². The zero-order valence-electron chi connectivity index (χ0n) is 38.6. The average Bonchev–Trinajstić information content (AvgIpc) is 3.44. The molecule has 10 aromatic carbocycles. The third-order valence-corrected chi connectivity index (χ3v) is 16.8. The van der Waals surface area contributed by atoms with E-state index in [2.05, 4.69) is 105 Å². The lowest BCUT2D eigenvalue weighted by molar-refractivity contribution is 1.27. The van der Waals surface area contributed by atoms with Gasteiger partial charge in [-0.1, -0.05) is 114 Å². The van der Waals surface area contributed by atoms with Gasteiger partial charge in [-0.3, -0.25) is 19.2 Å². The summed E-state index contributed by atoms with van der Waals surface area (Å²) in [6.07, 6.45) is 0. The summed E-state index contributed by atoms with van der Waals surface area (Å²) < 4.78 is 4.19. The first-order chi connectivity index (χ1) is 35.9. The first-order valence-electron chi connectivity index (χ1n) is 24.4. The van der Waals surface area contributed by atoms with Gasteiger partial charge in [-0.05, 0) is 142 Å². The Morgan fingerprint density at radius 2 is 0.822 bits per heavy atom. The number of anilines is 3. The van der Waals surface area contributed by atoms with Gasteiger partial charge in [-0.2, -0.15) is 0 Å². The maximum Gasteiger partial charge on any atom is 0.249 e. The van der Waals surface area contributed by atoms with Crippen molar-refractivity contribution in [2.75, 3.05) is 4.90 Å². The predicted molar refractivity (Wildman–Crippen MR) is 302 cm³/mol. The summed E-state index contributed by atoms with van der Waals surface area (Å²) in [4.78, 5) is 61.3. The van der Waals surface area contributed by atoms with Crippen LogP contribution in [0.3, 0.4) is 0 Å². The van der Waals surface area contributed by atoms with Crippen molar-refractivity contribution >= 4 is 128 Å². The minimum atomic E-state index is -0.155. The fourth-order valence-corrected chi connectivity index (χ4v) is 13.6. The molecule has 0 amide bonds. The Bertz CT molecular complexity index is 5060. The summed E-state index contributed by atoms with van der Waals surface area (Å²) in [5.41, 5.74) is 14.6. The molecule has 73 heavy (non-hydrogen) atoms. The Hall–Kier alpha value is -9.31. The van der Waals surface area contributed by atoms with Gasteiger partial charge in [-0.15, -0.1) is 0 Å². The minimum Gasteiger partial charge on any atom is -0.311 e. The highest BCUT2D eigenvalue weighted by molar-refractivity contribution is 8.00. The third kappa shape index (κ3) is 5.41. The summed E-state index contributed by atoms with van der Waals surface area (Å²) in [7, 11) is 0. The lowest BCUT2D eigenvalue weighted by atomic mass is 9.34. The molecule has 338 valence electrons. The summed E-state index contributed by atoms with van der Waals surface area (Å²) >= 11 is 1.78. The average molecular weight is 952 g/mol. The van der Waals surface area contributed by atoms with Crippen LogP contribution in [0, 0.1) is 0 Å². The second-order valence-corrected chi connectivity index (χ2v) is 20.4. The summed E-state index contributed by atoms with van der Waals surface area (Å²) in [6, 6.07) is 69.0. The zero-order chi connectivity index (χ0) is 48.4. The van der Waals surface area contributed by atoms with Crippen molar-refractivity contribution in [2.45, 2.75) is 9.79 Å². The molecule has 14 aromatic rings. The molecule has 6 heterocycles. The van der Waals surface area contributed by atoms with Crippen molar-refractivity contribution in [3.8, 4) is 22.3 Å². The Balaban J connectivity index is 0.919. The molecular weight excluding hydrogens is 918 g/mol. The number of hydrogen-bond donors (Lipinski definition) is 0. The van der Waals surface area contributed by atoms with Crippen LogP contribution in [0.5, 0.6) is 0 Å². The van der Waals surface area contributed by atoms with Gasteiger partial charge in [0, 0.05) is 69.9 Å². The molecule has 0 atom stereocenters. The highest BCUT2D eigenvalue weighted by Gasteiger charge is 2.41. The van der Waals surface area contributed by atoms with Gasteiger partial charge in [-0.25, -0.2) is 0 Å². The quantitative estimate of drug-likeness (QED) is 0.0997. The zero-order valence-corrected chi connectivity index (χ0v) is 39.4. The first kappa shape index (κ1) is 40.4. The number of hydrogen-bond acceptors (Lipinski definition) is 6. The molecule has 0 N–H and O–H groups in total. The number of aromatic nitrogens is 2. The maximum absolute atomic E-state index is 14.6. The van der Waals surface area contributed by atoms with Gasteiger partial charge in [0.05, 0.1) is 33.1 Å². The second-order valence-electron chi connectivity index (χ2n) is 19.3. The van der Waals surface area contributed by atoms with Crippen molar-refractivity contribution in [3.05, 3.63) is 247 Å². The molecule has 0 saturated carbocycles. The molecule has 0 unspecified atom stereocenters. The summed E-state index contributed by atoms with van der Waals surface area (Å²) in [5.74, 6) is 0. The van der Waals surface area contributed by atoms with Crippen LogP contribution in [-0.4, -0.2) is 15.5 Å². The normalized spacial score (nSPS) is 13.0. The van der Waals surface area contributed by atoms with E-state index in [0.29, 0.717) is 54.1 Å². The number of pyridine rings is 4. The summed E-state index contributed by atoms with van der Waals surface area (Å²) in [5, 5.41) is 4.48. The van der Waals surface area contributed by atoms with Crippen molar-refractivity contribution in [3.63, 3.8) is 0 Å². The van der Waals surface area contributed by atoms with Crippen molar-refractivity contribution in [2.24, 2.45) is 0 Å². The Morgan fingerprint density at radius 1 is 0.329 bits per heavy atom. The van der Waals surface area contributed by atoms with E-state index in [1.165, 1.54) is 15.8 Å². The molecule has 2 aliphatic rings. The molecule has 0 spiro atoms. The molecule has 4 aromatic heterocycles. The predicted octanol–water partition coefficient (Wildman–Crippen LogP) is 11.5. The third-order valence-electron chi connectivity index (χ3n) is 15.6. The molecule has 0 aliphatic carbocycles. The van der Waals surface area contributed by atoms with Crippen molar-refractivity contribution in [1.82, 2.24) is 8.80 Å². The monoisotopic (exact) mass is 951 g/mol. The number of nitrogens with zero attached hydrogens (tertiary/aromatic N) is 3. The number of para-hydroxylation sites is 5. The van der Waals surface area contributed by atoms with Crippen LogP contribution in [0.25, 0.3) is 98.4 Å². The van der Waals surface area contributed by atoms with Crippen LogP contribution in [-0.2, 0) is 0 Å². The van der Waals surface area contributed by atoms with Gasteiger partial charge in [0.2, 0.25) is 6.71 Å². The SMILES string of the molecule is O=c1c2ccccc2n2c3ccc(-c4ccc5c(c4)B4c6cc(-c7ccc8c(=O)c9cccc%10c(=O)c%11ccccc%11n(c8c7)c%109)ccc6N(c6ccccc6)c6cccc(c64)S5)cc3c(=O)c3cccc1c32. The number of rotatable bonds is 3. The number of fused-ring (bicyclic) bond motifs is 12. The molecule has 7 nitrogen and oxygen atoms in total. The largest absolute Gasteiger partial charge is 0.311 e. The number of benzene rings is 10. The first-order valence-corrected chi connectivity index (χ1v) is 25.2. The molecule has 0 bridgehead atoms. The Labute approximate surface area is 418 Å². The van der Waals surface area contributed by atoms with E-state index < -0.39 is 0 Å². The Morgan fingerprint density at radius 3 is 1.51 bits per heavy atom. The van der Waals surface area contributed by atoms with Crippen LogP contribution in [0.2, 0.25) is 0 Å². The molecular formula is C64H34BN3O4S. The lowest BCUT2D eigenvalue weighted by Gasteiger charge is -2.40. The van der Waals surface area contributed by atoms with Crippen molar-refractivity contribution in [1.29, 1.82) is 0 Å². The molecule has 2 aliphatic heterocycles. The van der Waals surface area contributed by atoms with E-state index in [1.807, 2.05) is 109 Å². The lowest BCUT2D eigenvalue weighted by Crippen LogP contribution is -2.59. The van der Waals surface area contributed by atoms with Gasteiger partial charge in [0.25, 0.3) is 0 Å². The van der Waals surface area contributed by atoms with E-state index in [1.54, 1.807) is 17.8 Å². The molecule has 0 saturated heterocycles. The minimum absolute atomic E-state index is 0.0766. The maximum atomic E-state index is 14.6. The second kappa shape index (κ2) is 14.6. The molecule has 0 radical (unpaired) electrons. The molecule has 0 fully saturated rings. The van der Waals surface area contributed by atoms with Gasteiger partial charge in [0.1, 0.15) is 0 Å². The van der Waals surface area contributed by atoms with E-state index >= 15 is 0 Å².